The van der Waals surface area contributed by atoms with Gasteiger partial charge >= 0.3 is 6.18 Å². The van der Waals surface area contributed by atoms with E-state index >= 15 is 0 Å². The number of halogens is 3. The van der Waals surface area contributed by atoms with Crippen molar-refractivity contribution in [3.63, 3.8) is 0 Å². The summed E-state index contributed by atoms with van der Waals surface area (Å²) in [6.07, 6.45) is -1.97. The lowest BCUT2D eigenvalue weighted by Crippen LogP contribution is -2.49. The van der Waals surface area contributed by atoms with Crippen molar-refractivity contribution >= 4 is 5.91 Å². The SMILES string of the molecule is CC(NCC(C)N(C)C1CC1)C(=O)NCC(F)(F)F. The average molecular weight is 281 g/mol. The van der Waals surface area contributed by atoms with Gasteiger partial charge in [0.15, 0.2) is 0 Å². The van der Waals surface area contributed by atoms with E-state index in [0.717, 1.165) is 0 Å². The number of nitrogens with one attached hydrogen (secondary N) is 2. The van der Waals surface area contributed by atoms with Crippen molar-refractivity contribution in [3.8, 4) is 0 Å². The summed E-state index contributed by atoms with van der Waals surface area (Å²) in [7, 11) is 2.03. The first-order chi connectivity index (χ1) is 8.70. The van der Waals surface area contributed by atoms with Crippen LogP contribution in [0.3, 0.4) is 0 Å². The molecular formula is C12H22F3N3O. The summed E-state index contributed by atoms with van der Waals surface area (Å²) in [5.74, 6) is -0.626. The number of hydrogen-bond donors (Lipinski definition) is 2. The van der Waals surface area contributed by atoms with Gasteiger partial charge in [-0.2, -0.15) is 13.2 Å². The first-order valence-electron chi connectivity index (χ1n) is 6.50. The number of amides is 1. The second kappa shape index (κ2) is 6.56. The molecule has 1 aliphatic rings. The number of carbonyl (C=O) groups excluding carboxylic acids is 1. The third kappa shape index (κ3) is 6.24. The largest absolute Gasteiger partial charge is 0.405 e. The number of alkyl halides is 3. The van der Waals surface area contributed by atoms with E-state index in [4.69, 9.17) is 0 Å². The predicted octanol–water partition coefficient (Wildman–Crippen LogP) is 1.13. The number of rotatable bonds is 7. The quantitative estimate of drug-likeness (QED) is 0.735. The highest BCUT2D eigenvalue weighted by Crippen LogP contribution is 2.26. The van der Waals surface area contributed by atoms with Crippen LogP contribution in [0.4, 0.5) is 13.2 Å². The molecule has 2 N–H and O–H groups in total. The van der Waals surface area contributed by atoms with E-state index in [1.165, 1.54) is 12.8 Å². The topological polar surface area (TPSA) is 44.4 Å². The standard InChI is InChI=1S/C12H22F3N3O/c1-8(18(3)10-4-5-10)6-16-9(2)11(19)17-7-12(13,14)15/h8-10,16H,4-7H2,1-3H3,(H,17,19). The van der Waals surface area contributed by atoms with Gasteiger partial charge in [-0.05, 0) is 33.7 Å². The summed E-state index contributed by atoms with van der Waals surface area (Å²) in [5, 5.41) is 4.83. The lowest BCUT2D eigenvalue weighted by molar-refractivity contribution is -0.139. The molecule has 0 aromatic rings. The lowest BCUT2D eigenvalue weighted by Gasteiger charge is -2.26. The maximum Gasteiger partial charge on any atom is 0.405 e. The molecule has 0 aromatic heterocycles. The Kier molecular flexibility index (Phi) is 5.61. The molecule has 0 radical (unpaired) electrons. The van der Waals surface area contributed by atoms with Crippen molar-refractivity contribution in [2.24, 2.45) is 0 Å². The predicted molar refractivity (Wildman–Crippen MR) is 66.8 cm³/mol. The summed E-state index contributed by atoms with van der Waals surface area (Å²) in [5.41, 5.74) is 0. The van der Waals surface area contributed by atoms with Gasteiger partial charge in [0.1, 0.15) is 6.54 Å². The molecule has 7 heteroatoms. The molecule has 4 nitrogen and oxygen atoms in total. The van der Waals surface area contributed by atoms with E-state index in [1.54, 1.807) is 6.92 Å². The molecule has 1 aliphatic carbocycles. The molecule has 2 unspecified atom stereocenters. The molecule has 112 valence electrons. The zero-order valence-electron chi connectivity index (χ0n) is 11.5. The Morgan fingerprint density at radius 3 is 2.42 bits per heavy atom. The summed E-state index contributed by atoms with van der Waals surface area (Å²) >= 11 is 0. The van der Waals surface area contributed by atoms with Gasteiger partial charge in [-0.1, -0.05) is 0 Å². The monoisotopic (exact) mass is 281 g/mol. The van der Waals surface area contributed by atoms with Crippen LogP contribution in [0, 0.1) is 0 Å². The van der Waals surface area contributed by atoms with Crippen molar-refractivity contribution in [1.82, 2.24) is 15.5 Å². The molecule has 0 aliphatic heterocycles. The normalized spacial score (nSPS) is 19.3. The van der Waals surface area contributed by atoms with Gasteiger partial charge in [-0.25, -0.2) is 0 Å². The summed E-state index contributed by atoms with van der Waals surface area (Å²) in [6.45, 7) is 2.89. The minimum absolute atomic E-state index is 0.255. The molecule has 1 amide bonds. The van der Waals surface area contributed by atoms with Gasteiger partial charge in [0.05, 0.1) is 6.04 Å². The average Bonchev–Trinajstić information content (AvgIpc) is 3.14. The number of nitrogens with zero attached hydrogens (tertiary/aromatic N) is 1. The van der Waals surface area contributed by atoms with Crippen LogP contribution in [0.2, 0.25) is 0 Å². The lowest BCUT2D eigenvalue weighted by atomic mass is 10.2. The van der Waals surface area contributed by atoms with E-state index in [1.807, 2.05) is 19.3 Å². The van der Waals surface area contributed by atoms with Gasteiger partial charge in [0, 0.05) is 18.6 Å². The Bertz CT molecular complexity index is 305. The molecule has 1 fully saturated rings. The Labute approximate surface area is 111 Å². The molecule has 1 rings (SSSR count). The second-order valence-corrected chi connectivity index (χ2v) is 5.21. The number of carbonyl (C=O) groups is 1. The van der Waals surface area contributed by atoms with Crippen LogP contribution in [0.25, 0.3) is 0 Å². The van der Waals surface area contributed by atoms with Crippen molar-refractivity contribution in [1.29, 1.82) is 0 Å². The molecule has 0 heterocycles. The van der Waals surface area contributed by atoms with Crippen LogP contribution in [-0.2, 0) is 4.79 Å². The second-order valence-electron chi connectivity index (χ2n) is 5.21. The van der Waals surface area contributed by atoms with Gasteiger partial charge < -0.3 is 10.6 Å². The van der Waals surface area contributed by atoms with Crippen LogP contribution in [0.15, 0.2) is 0 Å². The first-order valence-corrected chi connectivity index (χ1v) is 6.50. The molecule has 19 heavy (non-hydrogen) atoms. The van der Waals surface area contributed by atoms with E-state index in [2.05, 4.69) is 10.2 Å². The van der Waals surface area contributed by atoms with Crippen LogP contribution in [-0.4, -0.2) is 55.2 Å². The maximum absolute atomic E-state index is 12.0. The van der Waals surface area contributed by atoms with Gasteiger partial charge in [0.25, 0.3) is 0 Å². The molecule has 0 bridgehead atoms. The van der Waals surface area contributed by atoms with E-state index in [0.29, 0.717) is 12.6 Å². The number of hydrogen-bond acceptors (Lipinski definition) is 3. The van der Waals surface area contributed by atoms with Gasteiger partial charge in [-0.3, -0.25) is 9.69 Å². The maximum atomic E-state index is 12.0. The fourth-order valence-corrected chi connectivity index (χ4v) is 1.77. The van der Waals surface area contributed by atoms with Crippen molar-refractivity contribution < 1.29 is 18.0 Å². The molecule has 0 aromatic carbocycles. The highest BCUT2D eigenvalue weighted by Gasteiger charge is 2.30. The smallest absolute Gasteiger partial charge is 0.346 e. The Morgan fingerprint density at radius 2 is 1.95 bits per heavy atom. The highest BCUT2D eigenvalue weighted by molar-refractivity contribution is 5.81. The summed E-state index contributed by atoms with van der Waals surface area (Å²) in [6, 6.07) is 0.244. The van der Waals surface area contributed by atoms with Crippen molar-refractivity contribution in [2.75, 3.05) is 20.1 Å². The molecule has 1 saturated carbocycles. The third-order valence-electron chi connectivity index (χ3n) is 3.39. The zero-order chi connectivity index (χ0) is 14.6. The fourth-order valence-electron chi connectivity index (χ4n) is 1.77. The minimum atomic E-state index is -4.37. The van der Waals surface area contributed by atoms with Crippen LogP contribution < -0.4 is 10.6 Å². The molecular weight excluding hydrogens is 259 g/mol. The Balaban J connectivity index is 2.22. The molecule has 0 saturated heterocycles. The summed E-state index contributed by atoms with van der Waals surface area (Å²) in [4.78, 5) is 13.7. The third-order valence-corrected chi connectivity index (χ3v) is 3.39. The summed E-state index contributed by atoms with van der Waals surface area (Å²) < 4.78 is 35.9. The van der Waals surface area contributed by atoms with Crippen LogP contribution in [0.1, 0.15) is 26.7 Å². The van der Waals surface area contributed by atoms with Crippen LogP contribution >= 0.6 is 0 Å². The zero-order valence-corrected chi connectivity index (χ0v) is 11.5. The van der Waals surface area contributed by atoms with E-state index in [-0.39, 0.29) is 6.04 Å². The van der Waals surface area contributed by atoms with Gasteiger partial charge in [-0.15, -0.1) is 0 Å². The van der Waals surface area contributed by atoms with E-state index < -0.39 is 24.7 Å². The van der Waals surface area contributed by atoms with Crippen LogP contribution in [0.5, 0.6) is 0 Å². The van der Waals surface area contributed by atoms with Gasteiger partial charge in [0.2, 0.25) is 5.91 Å². The minimum Gasteiger partial charge on any atom is -0.346 e. The van der Waals surface area contributed by atoms with E-state index in [9.17, 15) is 18.0 Å². The Morgan fingerprint density at radius 1 is 1.37 bits per heavy atom. The highest BCUT2D eigenvalue weighted by atomic mass is 19.4. The fraction of sp³-hybridized carbons (Fsp3) is 0.917. The number of likely N-dealkylation sites (N-methyl/N-ethyl adjacent to an activating group) is 1. The van der Waals surface area contributed by atoms with Crippen molar-refractivity contribution in [3.05, 3.63) is 0 Å². The Hall–Kier alpha value is -0.820. The molecule has 0 spiro atoms. The molecule has 2 atom stereocenters. The van der Waals surface area contributed by atoms with Crippen molar-refractivity contribution in [2.45, 2.75) is 51.0 Å². The first kappa shape index (κ1) is 16.2.